The van der Waals surface area contributed by atoms with Crippen molar-refractivity contribution in [2.24, 2.45) is 0 Å². The van der Waals surface area contributed by atoms with Crippen LogP contribution in [0.1, 0.15) is 26.7 Å². The van der Waals surface area contributed by atoms with Crippen LogP contribution in [0.2, 0.25) is 0 Å². The van der Waals surface area contributed by atoms with Gasteiger partial charge >= 0.3 is 0 Å². The molecule has 1 aromatic rings. The van der Waals surface area contributed by atoms with Gasteiger partial charge in [0.05, 0.1) is 12.8 Å². The van der Waals surface area contributed by atoms with Gasteiger partial charge in [0.25, 0.3) is 0 Å². The monoisotopic (exact) mass is 250 g/mol. The zero-order valence-corrected chi connectivity index (χ0v) is 10.9. The number of hydrogen-bond acceptors (Lipinski definition) is 3. The number of ether oxygens (including phenoxy) is 1. The second-order valence-electron chi connectivity index (χ2n) is 3.89. The fraction of sp³-hybridized carbons (Fsp3) is 0.385. The van der Waals surface area contributed by atoms with Gasteiger partial charge in [0.1, 0.15) is 5.75 Å². The molecule has 0 aliphatic rings. The first kappa shape index (κ1) is 14.0. The number of carbonyl (C=O) groups excluding carboxylic acids is 2. The Morgan fingerprint density at radius 3 is 2.56 bits per heavy atom. The number of amides is 2. The average molecular weight is 250 g/mol. The number of hydrogen-bond donors (Lipinski definition) is 2. The lowest BCUT2D eigenvalue weighted by molar-refractivity contribution is -0.116. The van der Waals surface area contributed by atoms with E-state index in [0.717, 1.165) is 6.42 Å². The third-order valence-corrected chi connectivity index (χ3v) is 2.27. The Bertz CT molecular complexity index is 444. The van der Waals surface area contributed by atoms with Crippen molar-refractivity contribution in [3.8, 4) is 5.75 Å². The molecule has 5 nitrogen and oxygen atoms in total. The summed E-state index contributed by atoms with van der Waals surface area (Å²) in [6, 6.07) is 5.10. The van der Waals surface area contributed by atoms with E-state index in [1.54, 1.807) is 18.2 Å². The first-order chi connectivity index (χ1) is 8.56. The largest absolute Gasteiger partial charge is 0.494 e. The molecule has 0 aliphatic carbocycles. The van der Waals surface area contributed by atoms with E-state index in [-0.39, 0.29) is 11.8 Å². The molecule has 0 aromatic heterocycles. The molecule has 2 N–H and O–H groups in total. The molecule has 0 aliphatic heterocycles. The van der Waals surface area contributed by atoms with Crippen molar-refractivity contribution >= 4 is 23.2 Å². The highest BCUT2D eigenvalue weighted by atomic mass is 16.5. The van der Waals surface area contributed by atoms with Crippen molar-refractivity contribution < 1.29 is 14.3 Å². The molecule has 0 heterocycles. The average Bonchev–Trinajstić information content (AvgIpc) is 2.30. The van der Waals surface area contributed by atoms with Gasteiger partial charge in [-0.25, -0.2) is 0 Å². The lowest BCUT2D eigenvalue weighted by atomic mass is 10.2. The highest BCUT2D eigenvalue weighted by Crippen LogP contribution is 2.27. The van der Waals surface area contributed by atoms with Crippen molar-refractivity contribution in [2.75, 3.05) is 17.7 Å². The van der Waals surface area contributed by atoms with Crippen LogP contribution in [0.3, 0.4) is 0 Å². The Kier molecular flexibility index (Phi) is 5.17. The third kappa shape index (κ3) is 4.08. The molecule has 0 saturated heterocycles. The van der Waals surface area contributed by atoms with Crippen LogP contribution in [0.15, 0.2) is 18.2 Å². The van der Waals surface area contributed by atoms with Gasteiger partial charge in [-0.3, -0.25) is 9.59 Å². The molecule has 2 amide bonds. The molecule has 0 fully saturated rings. The summed E-state index contributed by atoms with van der Waals surface area (Å²) in [6.07, 6.45) is 1.28. The van der Waals surface area contributed by atoms with Gasteiger partial charge in [-0.15, -0.1) is 0 Å². The quantitative estimate of drug-likeness (QED) is 0.843. The highest BCUT2D eigenvalue weighted by Gasteiger charge is 2.07. The van der Waals surface area contributed by atoms with Crippen molar-refractivity contribution in [2.45, 2.75) is 26.7 Å². The maximum Gasteiger partial charge on any atom is 0.224 e. The van der Waals surface area contributed by atoms with E-state index >= 15 is 0 Å². The van der Waals surface area contributed by atoms with Crippen LogP contribution >= 0.6 is 0 Å². The Balaban J connectivity index is 2.84. The minimum atomic E-state index is -0.170. The van der Waals surface area contributed by atoms with Crippen molar-refractivity contribution in [3.05, 3.63) is 18.2 Å². The van der Waals surface area contributed by atoms with Gasteiger partial charge in [-0.2, -0.15) is 0 Å². The predicted molar refractivity (Wildman–Crippen MR) is 70.8 cm³/mol. The van der Waals surface area contributed by atoms with Crippen LogP contribution < -0.4 is 15.4 Å². The molecule has 18 heavy (non-hydrogen) atoms. The maximum atomic E-state index is 11.5. The van der Waals surface area contributed by atoms with E-state index in [2.05, 4.69) is 10.6 Å². The van der Waals surface area contributed by atoms with Crippen LogP contribution in [0.5, 0.6) is 5.75 Å². The van der Waals surface area contributed by atoms with Gasteiger partial charge in [-0.05, 0) is 18.6 Å². The molecule has 0 spiro atoms. The second kappa shape index (κ2) is 6.64. The smallest absolute Gasteiger partial charge is 0.224 e. The Hall–Kier alpha value is -2.04. The normalized spacial score (nSPS) is 9.72. The third-order valence-electron chi connectivity index (χ3n) is 2.27. The van der Waals surface area contributed by atoms with Crippen LogP contribution in [0.4, 0.5) is 11.4 Å². The van der Waals surface area contributed by atoms with Crippen molar-refractivity contribution in [3.63, 3.8) is 0 Å². The minimum absolute atomic E-state index is 0.0353. The molecule has 98 valence electrons. The molecular weight excluding hydrogens is 232 g/mol. The van der Waals surface area contributed by atoms with E-state index < -0.39 is 0 Å². The first-order valence-electron chi connectivity index (χ1n) is 5.82. The molecular formula is C13H18N2O3. The molecule has 0 atom stereocenters. The summed E-state index contributed by atoms with van der Waals surface area (Å²) in [4.78, 5) is 22.4. The summed E-state index contributed by atoms with van der Waals surface area (Å²) in [5.74, 6) is 0.308. The number of rotatable bonds is 5. The standard InChI is InChI=1S/C13H18N2O3/c1-4-5-13(17)15-10-6-7-11(14-9(2)16)12(8-10)18-3/h6-8H,4-5H2,1-3H3,(H,14,16)(H,15,17). The van der Waals surface area contributed by atoms with Gasteiger partial charge in [-0.1, -0.05) is 6.92 Å². The molecule has 0 saturated carbocycles. The topological polar surface area (TPSA) is 67.4 Å². The molecule has 0 radical (unpaired) electrons. The van der Waals surface area contributed by atoms with Crippen molar-refractivity contribution in [1.82, 2.24) is 0 Å². The molecule has 0 bridgehead atoms. The lowest BCUT2D eigenvalue weighted by Gasteiger charge is -2.11. The Morgan fingerprint density at radius 2 is 2.00 bits per heavy atom. The maximum absolute atomic E-state index is 11.5. The van der Waals surface area contributed by atoms with Gasteiger partial charge < -0.3 is 15.4 Å². The molecule has 0 unspecified atom stereocenters. The number of nitrogens with one attached hydrogen (secondary N) is 2. The SMILES string of the molecule is CCCC(=O)Nc1ccc(NC(C)=O)c(OC)c1. The van der Waals surface area contributed by atoms with Gasteiger partial charge in [0.15, 0.2) is 0 Å². The van der Waals surface area contributed by atoms with Crippen LogP contribution in [0.25, 0.3) is 0 Å². The predicted octanol–water partition coefficient (Wildman–Crippen LogP) is 2.39. The van der Waals surface area contributed by atoms with Gasteiger partial charge in [0, 0.05) is 25.1 Å². The summed E-state index contributed by atoms with van der Waals surface area (Å²) in [6.45, 7) is 3.37. The molecule has 5 heteroatoms. The number of carbonyl (C=O) groups is 2. The van der Waals surface area contributed by atoms with Crippen LogP contribution in [-0.4, -0.2) is 18.9 Å². The Labute approximate surface area is 107 Å². The number of benzene rings is 1. The fourth-order valence-electron chi connectivity index (χ4n) is 1.51. The van der Waals surface area contributed by atoms with E-state index in [4.69, 9.17) is 4.74 Å². The number of methoxy groups -OCH3 is 1. The highest BCUT2D eigenvalue weighted by molar-refractivity contribution is 5.93. The zero-order chi connectivity index (χ0) is 13.5. The summed E-state index contributed by atoms with van der Waals surface area (Å²) >= 11 is 0. The van der Waals surface area contributed by atoms with E-state index in [0.29, 0.717) is 23.5 Å². The fourth-order valence-corrected chi connectivity index (χ4v) is 1.51. The van der Waals surface area contributed by atoms with E-state index in [1.165, 1.54) is 14.0 Å². The summed E-state index contributed by atoms with van der Waals surface area (Å²) in [5.41, 5.74) is 1.23. The molecule has 1 aromatic carbocycles. The summed E-state index contributed by atoms with van der Waals surface area (Å²) < 4.78 is 5.16. The minimum Gasteiger partial charge on any atom is -0.494 e. The van der Waals surface area contributed by atoms with E-state index in [1.807, 2.05) is 6.92 Å². The second-order valence-corrected chi connectivity index (χ2v) is 3.89. The summed E-state index contributed by atoms with van der Waals surface area (Å²) in [7, 11) is 1.51. The van der Waals surface area contributed by atoms with Crippen molar-refractivity contribution in [1.29, 1.82) is 0 Å². The van der Waals surface area contributed by atoms with Crippen LogP contribution in [-0.2, 0) is 9.59 Å². The molecule has 1 rings (SSSR count). The Morgan fingerprint density at radius 1 is 1.28 bits per heavy atom. The summed E-state index contributed by atoms with van der Waals surface area (Å²) in [5, 5.41) is 5.42. The number of anilines is 2. The zero-order valence-electron chi connectivity index (χ0n) is 10.9. The van der Waals surface area contributed by atoms with Crippen LogP contribution in [0, 0.1) is 0 Å². The first-order valence-corrected chi connectivity index (χ1v) is 5.82. The lowest BCUT2D eigenvalue weighted by Crippen LogP contribution is -2.11. The van der Waals surface area contributed by atoms with E-state index in [9.17, 15) is 9.59 Å². The van der Waals surface area contributed by atoms with Gasteiger partial charge in [0.2, 0.25) is 11.8 Å².